The van der Waals surface area contributed by atoms with Crippen LogP contribution in [0.15, 0.2) is 17.0 Å². The Morgan fingerprint density at radius 3 is 2.47 bits per heavy atom. The zero-order chi connectivity index (χ0) is 12.6. The van der Waals surface area contributed by atoms with Gasteiger partial charge in [-0.05, 0) is 19.1 Å². The lowest BCUT2D eigenvalue weighted by atomic mass is 10.1. The van der Waals surface area contributed by atoms with E-state index < -0.39 is 9.84 Å². The van der Waals surface area contributed by atoms with Crippen molar-refractivity contribution in [2.45, 2.75) is 11.8 Å². The molecule has 17 heavy (non-hydrogen) atoms. The number of rotatable bonds is 2. The molecule has 0 saturated heterocycles. The van der Waals surface area contributed by atoms with E-state index in [2.05, 4.69) is 0 Å². The summed E-state index contributed by atoms with van der Waals surface area (Å²) in [5, 5.41) is 0. The molecule has 2 rings (SSSR count). The van der Waals surface area contributed by atoms with E-state index in [4.69, 9.17) is 9.47 Å². The van der Waals surface area contributed by atoms with Crippen molar-refractivity contribution in [1.82, 2.24) is 0 Å². The van der Waals surface area contributed by atoms with E-state index in [1.807, 2.05) is 0 Å². The van der Waals surface area contributed by atoms with Gasteiger partial charge in [-0.2, -0.15) is 0 Å². The molecule has 5 nitrogen and oxygen atoms in total. The number of Topliss-reactive ketones (excluding diaryl/α,β-unsaturated/α-hetero) is 1. The first-order chi connectivity index (χ1) is 7.91. The molecule has 0 radical (unpaired) electrons. The van der Waals surface area contributed by atoms with Gasteiger partial charge in [-0.3, -0.25) is 4.79 Å². The predicted octanol–water partition coefficient (Wildman–Crippen LogP) is 1.06. The summed E-state index contributed by atoms with van der Waals surface area (Å²) < 4.78 is 34.1. The highest BCUT2D eigenvalue weighted by molar-refractivity contribution is 7.91. The topological polar surface area (TPSA) is 69.7 Å². The maximum absolute atomic E-state index is 11.7. The second-order valence-corrected chi connectivity index (χ2v) is 5.75. The van der Waals surface area contributed by atoms with Crippen LogP contribution in [0.1, 0.15) is 17.3 Å². The van der Waals surface area contributed by atoms with Gasteiger partial charge in [-0.25, -0.2) is 8.42 Å². The van der Waals surface area contributed by atoms with E-state index >= 15 is 0 Å². The molecule has 1 aliphatic heterocycles. The first kappa shape index (κ1) is 11.9. The highest BCUT2D eigenvalue weighted by Crippen LogP contribution is 2.38. The fourth-order valence-corrected chi connectivity index (χ4v) is 2.84. The predicted molar refractivity (Wildman–Crippen MR) is 60.5 cm³/mol. The number of hydrogen-bond acceptors (Lipinski definition) is 5. The lowest BCUT2D eigenvalue weighted by Crippen LogP contribution is -2.19. The van der Waals surface area contributed by atoms with E-state index in [-0.39, 0.29) is 28.6 Å². The second-order valence-electron chi connectivity index (χ2n) is 3.79. The molecule has 0 spiro atoms. The van der Waals surface area contributed by atoms with E-state index in [1.54, 1.807) is 6.07 Å². The van der Waals surface area contributed by atoms with Gasteiger partial charge in [0.15, 0.2) is 27.1 Å². The van der Waals surface area contributed by atoms with Crippen LogP contribution >= 0.6 is 0 Å². The minimum Gasteiger partial charge on any atom is -0.486 e. The summed E-state index contributed by atoms with van der Waals surface area (Å²) in [6.07, 6.45) is 1.05. The third kappa shape index (κ3) is 2.12. The highest BCUT2D eigenvalue weighted by Gasteiger charge is 2.27. The molecule has 1 heterocycles. The van der Waals surface area contributed by atoms with Crippen LogP contribution in [0, 0.1) is 0 Å². The van der Waals surface area contributed by atoms with Crippen molar-refractivity contribution in [3.05, 3.63) is 17.7 Å². The average molecular weight is 256 g/mol. The lowest BCUT2D eigenvalue weighted by Gasteiger charge is -2.21. The molecular formula is C11H12O5S. The van der Waals surface area contributed by atoms with Crippen molar-refractivity contribution < 1.29 is 22.7 Å². The maximum Gasteiger partial charge on any atom is 0.180 e. The van der Waals surface area contributed by atoms with Crippen LogP contribution in [0.3, 0.4) is 0 Å². The van der Waals surface area contributed by atoms with Crippen molar-refractivity contribution >= 4 is 15.6 Å². The summed E-state index contributed by atoms with van der Waals surface area (Å²) in [4.78, 5) is 11.4. The molecule has 1 aliphatic rings. The van der Waals surface area contributed by atoms with Gasteiger partial charge in [0.25, 0.3) is 0 Å². The first-order valence-corrected chi connectivity index (χ1v) is 6.94. The Kier molecular flexibility index (Phi) is 2.82. The van der Waals surface area contributed by atoms with E-state index in [0.717, 1.165) is 6.26 Å². The van der Waals surface area contributed by atoms with Gasteiger partial charge in [-0.15, -0.1) is 0 Å². The van der Waals surface area contributed by atoms with E-state index in [9.17, 15) is 13.2 Å². The fraction of sp³-hybridized carbons (Fsp3) is 0.364. The van der Waals surface area contributed by atoms with Crippen molar-refractivity contribution in [3.63, 3.8) is 0 Å². The Morgan fingerprint density at radius 1 is 1.24 bits per heavy atom. The molecule has 6 heteroatoms. The summed E-state index contributed by atoms with van der Waals surface area (Å²) in [6, 6.07) is 3.01. The molecule has 0 atom stereocenters. The molecule has 0 aliphatic carbocycles. The lowest BCUT2D eigenvalue weighted by molar-refractivity contribution is 0.101. The molecule has 1 aromatic carbocycles. The molecule has 0 fully saturated rings. The molecule has 0 amide bonds. The number of sulfone groups is 1. The summed E-state index contributed by atoms with van der Waals surface area (Å²) in [5.41, 5.74) is 0.136. The molecule has 0 unspecified atom stereocenters. The first-order valence-electron chi connectivity index (χ1n) is 5.05. The van der Waals surface area contributed by atoms with Gasteiger partial charge in [0, 0.05) is 11.8 Å². The normalized spacial score (nSPS) is 14.5. The Hall–Kier alpha value is -1.56. The number of ketones is 1. The molecule has 0 aromatic heterocycles. The minimum atomic E-state index is -3.55. The van der Waals surface area contributed by atoms with Crippen LogP contribution in [0.2, 0.25) is 0 Å². The third-order valence-corrected chi connectivity index (χ3v) is 3.56. The smallest absolute Gasteiger partial charge is 0.180 e. The summed E-state index contributed by atoms with van der Waals surface area (Å²) in [5.74, 6) is 0.190. The SMILES string of the molecule is CC(=O)c1ccc2c(c1S(C)(=O)=O)OCCO2. The Bertz CT molecular complexity index is 574. The monoisotopic (exact) mass is 256 g/mol. The van der Waals surface area contributed by atoms with Gasteiger partial charge < -0.3 is 9.47 Å². The Labute approximate surface area is 99.3 Å². The molecule has 1 aromatic rings. The van der Waals surface area contributed by atoms with Crippen molar-refractivity contribution in [2.75, 3.05) is 19.5 Å². The molecule has 92 valence electrons. The van der Waals surface area contributed by atoms with Crippen LogP contribution in [-0.2, 0) is 9.84 Å². The number of carbonyl (C=O) groups excluding carboxylic acids is 1. The van der Waals surface area contributed by atoms with E-state index in [0.29, 0.717) is 12.4 Å². The van der Waals surface area contributed by atoms with Crippen molar-refractivity contribution in [3.8, 4) is 11.5 Å². The zero-order valence-electron chi connectivity index (χ0n) is 9.52. The number of benzene rings is 1. The standard InChI is InChI=1S/C11H12O5S/c1-7(12)8-3-4-9-10(16-6-5-15-9)11(8)17(2,13)14/h3-4H,5-6H2,1-2H3. The third-order valence-electron chi connectivity index (χ3n) is 2.41. The number of carbonyl (C=O) groups is 1. The molecule has 0 N–H and O–H groups in total. The van der Waals surface area contributed by atoms with Gasteiger partial charge in [0.1, 0.15) is 18.1 Å². The summed E-state index contributed by atoms with van der Waals surface area (Å²) >= 11 is 0. The second kappa shape index (κ2) is 4.03. The number of fused-ring (bicyclic) bond motifs is 1. The van der Waals surface area contributed by atoms with Crippen LogP contribution in [-0.4, -0.2) is 33.7 Å². The van der Waals surface area contributed by atoms with E-state index in [1.165, 1.54) is 13.0 Å². The zero-order valence-corrected chi connectivity index (χ0v) is 10.3. The Morgan fingerprint density at radius 2 is 1.88 bits per heavy atom. The fourth-order valence-electron chi connectivity index (χ4n) is 1.74. The van der Waals surface area contributed by atoms with Gasteiger partial charge >= 0.3 is 0 Å². The summed E-state index contributed by atoms with van der Waals surface area (Å²) in [6.45, 7) is 1.96. The molecule has 0 saturated carbocycles. The largest absolute Gasteiger partial charge is 0.486 e. The van der Waals surface area contributed by atoms with Crippen LogP contribution in [0.25, 0.3) is 0 Å². The van der Waals surface area contributed by atoms with Crippen molar-refractivity contribution in [2.24, 2.45) is 0 Å². The number of ether oxygens (including phenoxy) is 2. The van der Waals surface area contributed by atoms with Crippen LogP contribution in [0.4, 0.5) is 0 Å². The number of hydrogen-bond donors (Lipinski definition) is 0. The van der Waals surface area contributed by atoms with Crippen molar-refractivity contribution in [1.29, 1.82) is 0 Å². The maximum atomic E-state index is 11.7. The summed E-state index contributed by atoms with van der Waals surface area (Å²) in [7, 11) is -3.55. The van der Waals surface area contributed by atoms with Crippen LogP contribution in [0.5, 0.6) is 11.5 Å². The molecule has 0 bridgehead atoms. The molecular weight excluding hydrogens is 244 g/mol. The van der Waals surface area contributed by atoms with Gasteiger partial charge in [0.2, 0.25) is 0 Å². The Balaban J connectivity index is 2.78. The quantitative estimate of drug-likeness (QED) is 0.740. The van der Waals surface area contributed by atoms with Crippen LogP contribution < -0.4 is 9.47 Å². The van der Waals surface area contributed by atoms with Gasteiger partial charge in [0.05, 0.1) is 0 Å². The minimum absolute atomic E-state index is 0.0813. The average Bonchev–Trinajstić information content (AvgIpc) is 2.26. The highest BCUT2D eigenvalue weighted by atomic mass is 32.2. The van der Waals surface area contributed by atoms with Gasteiger partial charge in [-0.1, -0.05) is 0 Å².